The van der Waals surface area contributed by atoms with Crippen LogP contribution in [0.2, 0.25) is 0 Å². The molecule has 1 aliphatic rings. The van der Waals surface area contributed by atoms with Gasteiger partial charge in [-0.15, -0.1) is 0 Å². The number of carbonyl (C=O) groups is 2. The van der Waals surface area contributed by atoms with Gasteiger partial charge >= 0.3 is 5.97 Å². The van der Waals surface area contributed by atoms with Gasteiger partial charge in [-0.05, 0) is 5.56 Å². The van der Waals surface area contributed by atoms with Crippen molar-refractivity contribution in [2.45, 2.75) is 13.1 Å². The first kappa shape index (κ1) is 14.2. The molecule has 1 amide bonds. The highest BCUT2D eigenvalue weighted by Gasteiger charge is 2.32. The van der Waals surface area contributed by atoms with Crippen molar-refractivity contribution in [3.05, 3.63) is 53.3 Å². The van der Waals surface area contributed by atoms with Crippen LogP contribution in [0.15, 0.2) is 36.5 Å². The fourth-order valence-corrected chi connectivity index (χ4v) is 2.64. The quantitative estimate of drug-likeness (QED) is 0.875. The number of amides is 1. The summed E-state index contributed by atoms with van der Waals surface area (Å²) in [5.74, 6) is -1.25. The van der Waals surface area contributed by atoms with Gasteiger partial charge in [0.05, 0.1) is 7.11 Å². The van der Waals surface area contributed by atoms with Crippen LogP contribution in [0, 0.1) is 0 Å². The molecule has 0 saturated heterocycles. The Morgan fingerprint density at radius 1 is 1.27 bits per heavy atom. The molecule has 1 aromatic heterocycles. The Balaban J connectivity index is 1.89. The van der Waals surface area contributed by atoms with E-state index in [1.807, 2.05) is 30.3 Å². The molecule has 0 bridgehead atoms. The van der Waals surface area contributed by atoms with E-state index in [2.05, 4.69) is 4.74 Å². The minimum Gasteiger partial charge on any atom is -0.505 e. The van der Waals surface area contributed by atoms with Gasteiger partial charge in [0.2, 0.25) is 0 Å². The van der Waals surface area contributed by atoms with Gasteiger partial charge in [-0.25, -0.2) is 4.79 Å². The molecule has 2 heterocycles. The summed E-state index contributed by atoms with van der Waals surface area (Å²) >= 11 is 0. The first-order valence-electron chi connectivity index (χ1n) is 6.95. The molecule has 6 nitrogen and oxygen atoms in total. The Hall–Kier alpha value is -2.76. The van der Waals surface area contributed by atoms with Crippen molar-refractivity contribution in [1.29, 1.82) is 0 Å². The number of hydrogen-bond donors (Lipinski definition) is 1. The van der Waals surface area contributed by atoms with E-state index in [1.165, 1.54) is 13.3 Å². The number of carbonyl (C=O) groups excluding carboxylic acids is 2. The van der Waals surface area contributed by atoms with E-state index in [0.29, 0.717) is 19.6 Å². The summed E-state index contributed by atoms with van der Waals surface area (Å²) in [4.78, 5) is 25.8. The fourth-order valence-electron chi connectivity index (χ4n) is 2.64. The minimum absolute atomic E-state index is 0.0208. The average Bonchev–Trinajstić information content (AvgIpc) is 2.88. The highest BCUT2D eigenvalue weighted by Crippen LogP contribution is 2.29. The van der Waals surface area contributed by atoms with Gasteiger partial charge in [-0.3, -0.25) is 4.79 Å². The van der Waals surface area contributed by atoms with Crippen molar-refractivity contribution in [1.82, 2.24) is 9.47 Å². The van der Waals surface area contributed by atoms with Gasteiger partial charge in [0.15, 0.2) is 11.4 Å². The number of esters is 1. The number of aromatic hydroxyl groups is 1. The molecule has 0 radical (unpaired) electrons. The Kier molecular flexibility index (Phi) is 3.58. The van der Waals surface area contributed by atoms with E-state index in [-0.39, 0.29) is 22.9 Å². The van der Waals surface area contributed by atoms with Gasteiger partial charge < -0.3 is 19.3 Å². The maximum absolute atomic E-state index is 12.6. The second-order valence-corrected chi connectivity index (χ2v) is 5.14. The van der Waals surface area contributed by atoms with E-state index >= 15 is 0 Å². The Bertz CT molecular complexity index is 721. The summed E-state index contributed by atoms with van der Waals surface area (Å²) in [6.45, 7) is 1.52. The molecule has 0 saturated carbocycles. The predicted molar refractivity (Wildman–Crippen MR) is 78.6 cm³/mol. The second-order valence-electron chi connectivity index (χ2n) is 5.14. The molecule has 0 unspecified atom stereocenters. The van der Waals surface area contributed by atoms with Crippen LogP contribution in [-0.4, -0.2) is 40.1 Å². The topological polar surface area (TPSA) is 71.8 Å². The lowest BCUT2D eigenvalue weighted by molar-refractivity contribution is 0.0597. The first-order chi connectivity index (χ1) is 10.6. The molecular formula is C16H16N2O4. The first-order valence-corrected chi connectivity index (χ1v) is 6.95. The summed E-state index contributed by atoms with van der Waals surface area (Å²) in [5.41, 5.74) is 1.18. The summed E-state index contributed by atoms with van der Waals surface area (Å²) in [5, 5.41) is 10.2. The third-order valence-electron chi connectivity index (χ3n) is 3.77. The van der Waals surface area contributed by atoms with Gasteiger partial charge in [-0.2, -0.15) is 0 Å². The maximum Gasteiger partial charge on any atom is 0.343 e. The molecule has 0 fully saturated rings. The zero-order valence-corrected chi connectivity index (χ0v) is 12.2. The van der Waals surface area contributed by atoms with Gasteiger partial charge in [0.25, 0.3) is 5.91 Å². The standard InChI is InChI=1S/C16H16N2O4/c1-22-16(21)12-10-17-7-8-18(15(20)13(17)14(12)19)9-11-5-3-2-4-6-11/h2-6,10,19H,7-9H2,1H3. The highest BCUT2D eigenvalue weighted by atomic mass is 16.5. The maximum atomic E-state index is 12.6. The van der Waals surface area contributed by atoms with Crippen LogP contribution in [0.1, 0.15) is 26.4 Å². The lowest BCUT2D eigenvalue weighted by atomic mass is 10.2. The lowest BCUT2D eigenvalue weighted by Crippen LogP contribution is -2.39. The summed E-state index contributed by atoms with van der Waals surface area (Å²) in [6.07, 6.45) is 1.47. The molecule has 1 aliphatic heterocycles. The Morgan fingerprint density at radius 3 is 2.68 bits per heavy atom. The highest BCUT2D eigenvalue weighted by molar-refractivity contribution is 6.02. The van der Waals surface area contributed by atoms with Crippen molar-refractivity contribution in [3.8, 4) is 5.75 Å². The fraction of sp³-hybridized carbons (Fsp3) is 0.250. The Morgan fingerprint density at radius 2 is 2.00 bits per heavy atom. The molecule has 3 rings (SSSR count). The predicted octanol–water partition coefficient (Wildman–Crippen LogP) is 1.64. The summed E-state index contributed by atoms with van der Waals surface area (Å²) in [6, 6.07) is 9.64. The van der Waals surface area contributed by atoms with Crippen LogP contribution < -0.4 is 0 Å². The summed E-state index contributed by atoms with van der Waals surface area (Å²) < 4.78 is 6.22. The van der Waals surface area contributed by atoms with Crippen LogP contribution in [0.25, 0.3) is 0 Å². The van der Waals surface area contributed by atoms with Crippen LogP contribution in [0.3, 0.4) is 0 Å². The van der Waals surface area contributed by atoms with Crippen LogP contribution in [-0.2, 0) is 17.8 Å². The third kappa shape index (κ3) is 2.32. The van der Waals surface area contributed by atoms with Gasteiger partial charge in [-0.1, -0.05) is 30.3 Å². The van der Waals surface area contributed by atoms with Crippen molar-refractivity contribution in [2.75, 3.05) is 13.7 Å². The number of aromatic nitrogens is 1. The van der Waals surface area contributed by atoms with Gasteiger partial charge in [0.1, 0.15) is 5.56 Å². The van der Waals surface area contributed by atoms with E-state index in [9.17, 15) is 14.7 Å². The van der Waals surface area contributed by atoms with Crippen LogP contribution in [0.4, 0.5) is 0 Å². The van der Waals surface area contributed by atoms with Crippen molar-refractivity contribution >= 4 is 11.9 Å². The second kappa shape index (κ2) is 5.55. The third-order valence-corrected chi connectivity index (χ3v) is 3.77. The number of hydrogen-bond acceptors (Lipinski definition) is 4. The number of ether oxygens (including phenoxy) is 1. The monoisotopic (exact) mass is 300 g/mol. The average molecular weight is 300 g/mol. The van der Waals surface area contributed by atoms with E-state index in [1.54, 1.807) is 9.47 Å². The summed E-state index contributed by atoms with van der Waals surface area (Å²) in [7, 11) is 1.24. The molecule has 0 atom stereocenters. The smallest absolute Gasteiger partial charge is 0.343 e. The number of benzene rings is 1. The number of fused-ring (bicyclic) bond motifs is 1. The molecule has 0 aliphatic carbocycles. The zero-order chi connectivity index (χ0) is 15.7. The van der Waals surface area contributed by atoms with Crippen molar-refractivity contribution in [2.24, 2.45) is 0 Å². The zero-order valence-electron chi connectivity index (χ0n) is 12.2. The molecule has 2 aromatic rings. The molecular weight excluding hydrogens is 284 g/mol. The lowest BCUT2D eigenvalue weighted by Gasteiger charge is -2.28. The SMILES string of the molecule is COC(=O)c1cn2c(c1O)C(=O)N(Cc1ccccc1)CC2. The number of nitrogens with zero attached hydrogens (tertiary/aromatic N) is 2. The van der Waals surface area contributed by atoms with E-state index in [0.717, 1.165) is 5.56 Å². The van der Waals surface area contributed by atoms with Crippen molar-refractivity contribution in [3.63, 3.8) is 0 Å². The molecule has 114 valence electrons. The molecule has 0 spiro atoms. The largest absolute Gasteiger partial charge is 0.505 e. The molecule has 1 N–H and O–H groups in total. The molecule has 22 heavy (non-hydrogen) atoms. The minimum atomic E-state index is -0.651. The molecule has 6 heteroatoms. The van der Waals surface area contributed by atoms with E-state index in [4.69, 9.17) is 0 Å². The van der Waals surface area contributed by atoms with E-state index < -0.39 is 5.97 Å². The van der Waals surface area contributed by atoms with Gasteiger partial charge in [0, 0.05) is 25.8 Å². The Labute approximate surface area is 127 Å². The van der Waals surface area contributed by atoms with Crippen LogP contribution in [0.5, 0.6) is 5.75 Å². The molecule has 1 aromatic carbocycles. The van der Waals surface area contributed by atoms with Crippen LogP contribution >= 0.6 is 0 Å². The van der Waals surface area contributed by atoms with Crippen molar-refractivity contribution < 1.29 is 19.4 Å². The number of methoxy groups -OCH3 is 1. The number of rotatable bonds is 3. The normalized spacial score (nSPS) is 13.9.